The molecule has 0 aromatic heterocycles. The van der Waals surface area contributed by atoms with Crippen molar-refractivity contribution in [2.24, 2.45) is 65.1 Å². The summed E-state index contributed by atoms with van der Waals surface area (Å²) in [5.41, 5.74) is 0. The van der Waals surface area contributed by atoms with E-state index < -0.39 is 59.8 Å². The Labute approximate surface area is 361 Å². The zero-order valence-corrected chi connectivity index (χ0v) is 35.2. The van der Waals surface area contributed by atoms with Gasteiger partial charge < -0.3 is 29.7 Å². The summed E-state index contributed by atoms with van der Waals surface area (Å²) in [6, 6.07) is 0. The average Bonchev–Trinajstić information content (AvgIpc) is 3.95. The number of halogens is 3. The summed E-state index contributed by atoms with van der Waals surface area (Å²) < 4.78 is 0. The maximum atomic E-state index is 12.9. The van der Waals surface area contributed by atoms with E-state index in [1.54, 1.807) is 0 Å². The van der Waals surface area contributed by atoms with Crippen molar-refractivity contribution in [1.29, 1.82) is 0 Å². The molecular weight excluding hydrogens is 925 g/mol. The number of carboxylic acid groups (broad SMARTS) is 3. The van der Waals surface area contributed by atoms with Gasteiger partial charge in [-0.25, -0.2) is 0 Å². The van der Waals surface area contributed by atoms with Crippen LogP contribution in [0.1, 0.15) is 83.5 Å². The molecule has 5 saturated heterocycles. The van der Waals surface area contributed by atoms with E-state index in [1.807, 2.05) is 0 Å². The van der Waals surface area contributed by atoms with Gasteiger partial charge >= 0.3 is 75.6 Å². The number of rotatable bonds is 3. The first-order valence-electron chi connectivity index (χ1n) is 19.8. The van der Waals surface area contributed by atoms with Gasteiger partial charge in [0.15, 0.2) is 0 Å². The van der Waals surface area contributed by atoms with Crippen molar-refractivity contribution in [3.05, 3.63) is 0 Å². The molecule has 4 saturated carbocycles. The normalized spacial score (nSPS) is 48.1. The van der Waals surface area contributed by atoms with Crippen LogP contribution in [0.25, 0.3) is 0 Å². The fraction of sp³-hybridized carbons (Fsp3) is 0.914. The zero-order chi connectivity index (χ0) is 39.6. The van der Waals surface area contributed by atoms with Crippen molar-refractivity contribution in [3.8, 4) is 0 Å². The second kappa shape index (κ2) is 20.4. The van der Waals surface area contributed by atoms with E-state index in [0.717, 1.165) is 38.5 Å². The molecule has 323 valence electrons. The van der Waals surface area contributed by atoms with Gasteiger partial charge in [-0.2, -0.15) is 0 Å². The molecule has 19 unspecified atom stereocenters. The van der Waals surface area contributed by atoms with Gasteiger partial charge in [-0.05, 0) is 86.4 Å². The maximum absolute atomic E-state index is 12.9. The fourth-order valence-electron chi connectivity index (χ4n) is 13.0. The van der Waals surface area contributed by atoms with E-state index in [9.17, 15) is 29.7 Å². The summed E-state index contributed by atoms with van der Waals surface area (Å²) in [7, 11) is 12.6. The van der Waals surface area contributed by atoms with Crippen LogP contribution in [-0.4, -0.2) is 67.2 Å². The minimum absolute atomic E-state index is 0.0220. The molecule has 5 heterocycles. The first kappa shape index (κ1) is 45.1. The number of fused-ring (bicyclic) bond motifs is 20. The van der Waals surface area contributed by atoms with Crippen LogP contribution in [0.2, 0.25) is 0 Å². The molecule has 0 aromatic rings. The van der Waals surface area contributed by atoms with Crippen LogP contribution in [0.5, 0.6) is 0 Å². The summed E-state index contributed by atoms with van der Waals surface area (Å²) in [5, 5.41) is 69.1. The summed E-state index contributed by atoms with van der Waals surface area (Å²) in [6.45, 7) is 0. The number of hydrogen-bond acceptors (Lipinski definition) is 14. The van der Waals surface area contributed by atoms with Gasteiger partial charge in [0, 0.05) is 41.6 Å². The number of nitrogens with one attached hydrogen (secondary N) is 8. The van der Waals surface area contributed by atoms with Crippen LogP contribution in [0, 0.1) is 65.1 Å². The van der Waals surface area contributed by atoms with E-state index in [2.05, 4.69) is 118 Å². The molecule has 0 aromatic carbocycles. The third-order valence-electron chi connectivity index (χ3n) is 15.0. The van der Waals surface area contributed by atoms with Crippen molar-refractivity contribution in [2.45, 2.75) is 133 Å². The Bertz CT molecular complexity index is 1340. The van der Waals surface area contributed by atoms with Gasteiger partial charge in [-0.15, -0.1) is 0 Å². The molecule has 9 fully saturated rings. The minimum atomic E-state index is -1.74. The van der Waals surface area contributed by atoms with Gasteiger partial charge in [-0.1, -0.05) is 38.5 Å². The predicted molar refractivity (Wildman–Crippen MR) is 186 cm³/mol. The Balaban J connectivity index is 0.000000819. The molecule has 0 radical (unpaired) electrons. The van der Waals surface area contributed by atoms with E-state index >= 15 is 0 Å². The van der Waals surface area contributed by atoms with Crippen LogP contribution in [0.15, 0.2) is 0 Å². The van der Waals surface area contributed by atoms with E-state index in [0.29, 0.717) is 35.5 Å². The fourth-order valence-corrected chi connectivity index (χ4v) is 13.0. The quantitative estimate of drug-likeness (QED) is 0.153. The van der Waals surface area contributed by atoms with Gasteiger partial charge in [0.1, 0.15) is 0 Å². The molecular formula is C35H53Cl3Cu3N8O6. The molecule has 19 atom stereocenters. The number of hydrogen-bond donors (Lipinski definition) is 8. The predicted octanol–water partition coefficient (Wildman–Crippen LogP) is -1.41. The zero-order valence-electron chi connectivity index (χ0n) is 30.1. The van der Waals surface area contributed by atoms with Gasteiger partial charge in [0.25, 0.3) is 0 Å². The van der Waals surface area contributed by atoms with E-state index in [1.165, 1.54) is 38.5 Å². The van der Waals surface area contributed by atoms with Crippen molar-refractivity contribution in [2.75, 3.05) is 0 Å². The Morgan fingerprint density at radius 3 is 0.891 bits per heavy atom. The first-order valence-corrected chi connectivity index (χ1v) is 23.7. The summed E-state index contributed by atoms with van der Waals surface area (Å²) >= 11 is 11.0. The summed E-state index contributed by atoms with van der Waals surface area (Å²) in [6.07, 6.45) is 13.1. The third-order valence-corrected chi connectivity index (χ3v) is 15.0. The van der Waals surface area contributed by atoms with Crippen LogP contribution in [0.4, 0.5) is 0 Å². The molecule has 8 bridgehead atoms. The van der Waals surface area contributed by atoms with Crippen molar-refractivity contribution < 1.29 is 75.0 Å². The monoisotopic (exact) mass is 975 g/mol. The molecule has 4 aliphatic carbocycles. The van der Waals surface area contributed by atoms with Gasteiger partial charge in [0.05, 0.1) is 49.3 Å². The van der Waals surface area contributed by atoms with Crippen LogP contribution < -0.4 is 57.9 Å². The number of carbonyl (C=O) groups is 3. The van der Waals surface area contributed by atoms with Gasteiger partial charge in [0.2, 0.25) is 0 Å². The van der Waals surface area contributed by atoms with Crippen LogP contribution in [0.3, 0.4) is 0 Å². The Morgan fingerprint density at radius 1 is 0.382 bits per heavy atom. The average molecular weight is 979 g/mol. The molecule has 55 heavy (non-hydrogen) atoms. The molecule has 0 amide bonds. The van der Waals surface area contributed by atoms with E-state index in [-0.39, 0.29) is 43.4 Å². The van der Waals surface area contributed by atoms with Crippen molar-refractivity contribution >= 4 is 48.2 Å². The van der Waals surface area contributed by atoms with Crippen LogP contribution in [-0.2, 0) is 59.7 Å². The molecule has 0 spiro atoms. The third kappa shape index (κ3) is 8.96. The molecule has 9 rings (SSSR count). The molecule has 20 heteroatoms. The first-order chi connectivity index (χ1) is 26.8. The Hall–Kier alpha value is 0.518. The topological polar surface area (TPSA) is 217 Å². The van der Waals surface area contributed by atoms with Crippen LogP contribution >= 0.6 is 30.3 Å². The molecule has 8 N–H and O–H groups in total. The summed E-state index contributed by atoms with van der Waals surface area (Å²) in [4.78, 5) is 37.8. The Morgan fingerprint density at radius 2 is 0.636 bits per heavy atom. The molecule has 9 aliphatic rings. The van der Waals surface area contributed by atoms with E-state index in [4.69, 9.17) is 0 Å². The Kier molecular flexibility index (Phi) is 16.7. The summed E-state index contributed by atoms with van der Waals surface area (Å²) in [5.74, 6) is -8.22. The van der Waals surface area contributed by atoms with Gasteiger partial charge in [-0.3, -0.25) is 42.5 Å². The number of carbonyl (C=O) groups excluding carboxylic acids is 3. The SMILES string of the molecule is O=C([O-])C1CC2C3NC4NC(NC5NC(NC6NC(NC(N3)C2C(C(=O)[O-])C1C(=O)[O-])C1CCCCC61)C1CCCCC51)C1CCCCC41.[Cl][Cu+].[Cl][Cu+].[Cl][Cu+]. The second-order valence-corrected chi connectivity index (χ2v) is 17.1. The van der Waals surface area contributed by atoms with Crippen molar-refractivity contribution in [1.82, 2.24) is 42.5 Å². The molecule has 5 aliphatic heterocycles. The number of carboxylic acids is 3. The van der Waals surface area contributed by atoms with Crippen molar-refractivity contribution in [3.63, 3.8) is 0 Å². The number of aliphatic carboxylic acids is 3. The molecule has 14 nitrogen and oxygen atoms in total. The second-order valence-electron chi connectivity index (χ2n) is 17.1. The standard InChI is InChI=1S/C35H56N8O6.3ClH.3Cu/c44-33(45)21-13-20-22(24(35(48)49)23(21)34(46)47)32-42-30-19-12-6-5-11-18(19)28(40-30)38-26-15-8-2-1-7-14(15)25(36-26)37-27-16-9-3-4-10-17(16)29(39-27)41-31(20)43-32;;;;;;/h14-32,36-43H,1-13H2,(H,44,45)(H,46,47)(H,48,49);3*1H;;;/q;;;;3*+2/p-6.